The summed E-state index contributed by atoms with van der Waals surface area (Å²) in [6, 6.07) is 6.76. The monoisotopic (exact) mass is 238 g/mol. The van der Waals surface area contributed by atoms with Crippen LogP contribution < -0.4 is 11.1 Å². The first-order valence-corrected chi connectivity index (χ1v) is 6.41. The van der Waals surface area contributed by atoms with Crippen molar-refractivity contribution in [3.8, 4) is 0 Å². The normalized spacial score (nSPS) is 18.8. The number of benzene rings is 1. The Morgan fingerprint density at radius 2 is 2.25 bits per heavy atom. The highest BCUT2D eigenvalue weighted by Crippen LogP contribution is 2.32. The second-order valence-electron chi connectivity index (χ2n) is 4.38. The highest BCUT2D eigenvalue weighted by molar-refractivity contribution is 6.30. The fourth-order valence-electron chi connectivity index (χ4n) is 2.34. The average Bonchev–Trinajstić information content (AvgIpc) is 2.67. The number of nitrogens with two attached hydrogens (primary N) is 1. The van der Waals surface area contributed by atoms with Gasteiger partial charge in [-0.25, -0.2) is 0 Å². The molecule has 3 heteroatoms. The summed E-state index contributed by atoms with van der Waals surface area (Å²) in [7, 11) is 0. The van der Waals surface area contributed by atoms with Gasteiger partial charge in [0.25, 0.3) is 0 Å². The first kappa shape index (κ1) is 11.9. The maximum atomic E-state index is 5.98. The first-order chi connectivity index (χ1) is 7.81. The zero-order valence-corrected chi connectivity index (χ0v) is 10.3. The Bertz CT molecular complexity index is 352. The molecule has 3 N–H and O–H groups in total. The van der Waals surface area contributed by atoms with Crippen LogP contribution >= 0.6 is 11.6 Å². The van der Waals surface area contributed by atoms with E-state index in [9.17, 15) is 0 Å². The number of halogens is 1. The number of rotatable bonds is 5. The van der Waals surface area contributed by atoms with E-state index < -0.39 is 0 Å². The van der Waals surface area contributed by atoms with Gasteiger partial charge in [0.15, 0.2) is 0 Å². The third kappa shape index (κ3) is 2.76. The van der Waals surface area contributed by atoms with Crippen LogP contribution in [-0.4, -0.2) is 13.1 Å². The number of hydrogen-bond donors (Lipinski definition) is 2. The third-order valence-corrected chi connectivity index (χ3v) is 3.44. The van der Waals surface area contributed by atoms with Crippen molar-refractivity contribution in [2.45, 2.75) is 31.7 Å². The predicted octanol–water partition coefficient (Wildman–Crippen LogP) is 2.66. The molecular formula is C13H19ClN2. The van der Waals surface area contributed by atoms with Crippen molar-refractivity contribution in [1.29, 1.82) is 0 Å². The van der Waals surface area contributed by atoms with Crippen LogP contribution in [0.25, 0.3) is 0 Å². The lowest BCUT2D eigenvalue weighted by Gasteiger charge is -2.13. The molecule has 88 valence electrons. The highest BCUT2D eigenvalue weighted by Gasteiger charge is 2.21. The van der Waals surface area contributed by atoms with Gasteiger partial charge in [-0.1, -0.05) is 17.7 Å². The van der Waals surface area contributed by atoms with Gasteiger partial charge in [-0.3, -0.25) is 0 Å². The highest BCUT2D eigenvalue weighted by atomic mass is 35.5. The molecule has 0 aliphatic heterocycles. The number of nitrogens with one attached hydrogen (secondary N) is 1. The SMILES string of the molecule is NCCCCNC1CCc2cc(Cl)ccc21. The van der Waals surface area contributed by atoms with Gasteiger partial charge in [0, 0.05) is 11.1 Å². The van der Waals surface area contributed by atoms with Crippen LogP contribution in [0.4, 0.5) is 0 Å². The summed E-state index contributed by atoms with van der Waals surface area (Å²) in [4.78, 5) is 0. The summed E-state index contributed by atoms with van der Waals surface area (Å²) < 4.78 is 0. The number of unbranched alkanes of at least 4 members (excludes halogenated alkanes) is 1. The molecule has 0 fully saturated rings. The Balaban J connectivity index is 1.91. The van der Waals surface area contributed by atoms with Crippen molar-refractivity contribution < 1.29 is 0 Å². The molecule has 2 rings (SSSR count). The van der Waals surface area contributed by atoms with E-state index in [0.717, 1.165) is 37.4 Å². The molecule has 0 heterocycles. The number of fused-ring (bicyclic) bond motifs is 1. The van der Waals surface area contributed by atoms with Crippen molar-refractivity contribution in [1.82, 2.24) is 5.32 Å². The van der Waals surface area contributed by atoms with E-state index in [1.165, 1.54) is 17.5 Å². The van der Waals surface area contributed by atoms with E-state index in [4.69, 9.17) is 17.3 Å². The van der Waals surface area contributed by atoms with Crippen LogP contribution in [0.3, 0.4) is 0 Å². The van der Waals surface area contributed by atoms with Gasteiger partial charge in [-0.2, -0.15) is 0 Å². The Labute approximate surface area is 102 Å². The van der Waals surface area contributed by atoms with E-state index in [1.807, 2.05) is 6.07 Å². The van der Waals surface area contributed by atoms with Gasteiger partial charge >= 0.3 is 0 Å². The molecular weight excluding hydrogens is 220 g/mol. The van der Waals surface area contributed by atoms with Gasteiger partial charge in [0.1, 0.15) is 0 Å². The van der Waals surface area contributed by atoms with Crippen LogP contribution in [0.2, 0.25) is 5.02 Å². The quantitative estimate of drug-likeness (QED) is 0.774. The third-order valence-electron chi connectivity index (χ3n) is 3.20. The number of aryl methyl sites for hydroxylation is 1. The molecule has 0 spiro atoms. The average molecular weight is 239 g/mol. The van der Waals surface area contributed by atoms with Crippen LogP contribution in [0.15, 0.2) is 18.2 Å². The van der Waals surface area contributed by atoms with Gasteiger partial charge in [0.2, 0.25) is 0 Å². The Morgan fingerprint density at radius 1 is 1.38 bits per heavy atom. The summed E-state index contributed by atoms with van der Waals surface area (Å²) in [5.41, 5.74) is 8.31. The van der Waals surface area contributed by atoms with Crippen molar-refractivity contribution >= 4 is 11.6 Å². The van der Waals surface area contributed by atoms with E-state index in [0.29, 0.717) is 6.04 Å². The van der Waals surface area contributed by atoms with Crippen molar-refractivity contribution in [2.75, 3.05) is 13.1 Å². The molecule has 0 aromatic heterocycles. The summed E-state index contributed by atoms with van der Waals surface area (Å²) in [5.74, 6) is 0. The van der Waals surface area contributed by atoms with Gasteiger partial charge in [-0.05, 0) is 62.0 Å². The van der Waals surface area contributed by atoms with E-state index in [2.05, 4.69) is 17.4 Å². The maximum absolute atomic E-state index is 5.98. The second kappa shape index (κ2) is 5.67. The van der Waals surface area contributed by atoms with Gasteiger partial charge in [0.05, 0.1) is 0 Å². The molecule has 0 saturated carbocycles. The smallest absolute Gasteiger partial charge is 0.0408 e. The lowest BCUT2D eigenvalue weighted by molar-refractivity contribution is 0.514. The lowest BCUT2D eigenvalue weighted by Crippen LogP contribution is -2.21. The van der Waals surface area contributed by atoms with E-state index >= 15 is 0 Å². The zero-order chi connectivity index (χ0) is 11.4. The summed E-state index contributed by atoms with van der Waals surface area (Å²) >= 11 is 5.98. The molecule has 1 aliphatic carbocycles. The van der Waals surface area contributed by atoms with Gasteiger partial charge in [-0.15, -0.1) is 0 Å². The standard InChI is InChI=1S/C13H19ClN2/c14-11-4-5-12-10(9-11)3-6-13(12)16-8-2-1-7-15/h4-5,9,13,16H,1-3,6-8,15H2. The zero-order valence-electron chi connectivity index (χ0n) is 9.51. The first-order valence-electron chi connectivity index (χ1n) is 6.03. The fraction of sp³-hybridized carbons (Fsp3) is 0.538. The minimum atomic E-state index is 0.519. The fourth-order valence-corrected chi connectivity index (χ4v) is 2.54. The summed E-state index contributed by atoms with van der Waals surface area (Å²) in [6.45, 7) is 1.85. The molecule has 0 saturated heterocycles. The minimum absolute atomic E-state index is 0.519. The Kier molecular flexibility index (Phi) is 4.22. The molecule has 1 aromatic rings. The van der Waals surface area contributed by atoms with Crippen molar-refractivity contribution in [3.63, 3.8) is 0 Å². The molecule has 0 bridgehead atoms. The van der Waals surface area contributed by atoms with Crippen molar-refractivity contribution in [2.24, 2.45) is 5.73 Å². The van der Waals surface area contributed by atoms with Crippen LogP contribution in [-0.2, 0) is 6.42 Å². The van der Waals surface area contributed by atoms with Crippen LogP contribution in [0.1, 0.15) is 36.4 Å². The van der Waals surface area contributed by atoms with Gasteiger partial charge < -0.3 is 11.1 Å². The molecule has 1 atom stereocenters. The summed E-state index contributed by atoms with van der Waals surface area (Å²) in [5, 5.41) is 4.44. The Hall–Kier alpha value is -0.570. The molecule has 1 aliphatic rings. The lowest BCUT2D eigenvalue weighted by atomic mass is 10.1. The molecule has 1 aromatic carbocycles. The van der Waals surface area contributed by atoms with Crippen LogP contribution in [0.5, 0.6) is 0 Å². The van der Waals surface area contributed by atoms with Crippen molar-refractivity contribution in [3.05, 3.63) is 34.3 Å². The molecule has 2 nitrogen and oxygen atoms in total. The van der Waals surface area contributed by atoms with E-state index in [1.54, 1.807) is 0 Å². The molecule has 16 heavy (non-hydrogen) atoms. The Morgan fingerprint density at radius 3 is 3.06 bits per heavy atom. The molecule has 0 radical (unpaired) electrons. The molecule has 0 amide bonds. The predicted molar refractivity (Wildman–Crippen MR) is 68.8 cm³/mol. The maximum Gasteiger partial charge on any atom is 0.0408 e. The minimum Gasteiger partial charge on any atom is -0.330 e. The van der Waals surface area contributed by atoms with E-state index in [-0.39, 0.29) is 0 Å². The van der Waals surface area contributed by atoms with Crippen LogP contribution in [0, 0.1) is 0 Å². The topological polar surface area (TPSA) is 38.0 Å². The second-order valence-corrected chi connectivity index (χ2v) is 4.82. The largest absolute Gasteiger partial charge is 0.330 e. The molecule has 1 unspecified atom stereocenters. The summed E-state index contributed by atoms with van der Waals surface area (Å²) in [6.07, 6.45) is 4.60. The number of hydrogen-bond acceptors (Lipinski definition) is 2.